The summed E-state index contributed by atoms with van der Waals surface area (Å²) in [5.74, 6) is -0.639. The molecular formula is C13H8N2O3S. The number of aromatic carboxylic acids is 1. The Morgan fingerprint density at radius 2 is 2.16 bits per heavy atom. The van der Waals surface area contributed by atoms with Gasteiger partial charge in [-0.15, -0.1) is 11.3 Å². The van der Waals surface area contributed by atoms with Gasteiger partial charge in [-0.2, -0.15) is 0 Å². The average Bonchev–Trinajstić information content (AvgIpc) is 2.87. The van der Waals surface area contributed by atoms with Crippen LogP contribution in [0.5, 0.6) is 0 Å². The number of nitrogens with one attached hydrogen (secondary N) is 1. The molecule has 1 aromatic carbocycles. The monoisotopic (exact) mass is 272 g/mol. The summed E-state index contributed by atoms with van der Waals surface area (Å²) >= 11 is 1.33. The molecule has 0 atom stereocenters. The number of nitrogens with zero attached hydrogens (tertiary/aromatic N) is 1. The highest BCUT2D eigenvalue weighted by Crippen LogP contribution is 2.20. The van der Waals surface area contributed by atoms with Crippen LogP contribution >= 0.6 is 11.3 Å². The highest BCUT2D eigenvalue weighted by atomic mass is 32.1. The molecule has 2 aromatic heterocycles. The van der Waals surface area contributed by atoms with E-state index in [0.717, 1.165) is 0 Å². The molecule has 0 saturated carbocycles. The molecule has 94 valence electrons. The van der Waals surface area contributed by atoms with Gasteiger partial charge in [0.05, 0.1) is 11.1 Å². The lowest BCUT2D eigenvalue weighted by molar-refractivity contribution is 0.0697. The molecule has 5 nitrogen and oxygen atoms in total. The number of benzene rings is 1. The lowest BCUT2D eigenvalue weighted by Crippen LogP contribution is -2.08. The Kier molecular flexibility index (Phi) is 2.64. The van der Waals surface area contributed by atoms with E-state index in [1.54, 1.807) is 23.6 Å². The van der Waals surface area contributed by atoms with Crippen molar-refractivity contribution in [1.29, 1.82) is 0 Å². The van der Waals surface area contributed by atoms with Gasteiger partial charge < -0.3 is 10.1 Å². The Morgan fingerprint density at radius 3 is 2.95 bits per heavy atom. The number of hydrogen-bond donors (Lipinski definition) is 2. The number of aromatic amines is 1. The molecule has 0 fully saturated rings. The van der Waals surface area contributed by atoms with E-state index in [2.05, 4.69) is 9.97 Å². The van der Waals surface area contributed by atoms with Crippen LogP contribution < -0.4 is 5.56 Å². The Hall–Kier alpha value is -2.47. The van der Waals surface area contributed by atoms with Gasteiger partial charge in [0.15, 0.2) is 0 Å². The summed E-state index contributed by atoms with van der Waals surface area (Å²) in [5, 5.41) is 10.8. The van der Waals surface area contributed by atoms with Crippen LogP contribution in [0, 0.1) is 0 Å². The fraction of sp³-hybridized carbons (Fsp3) is 0. The second kappa shape index (κ2) is 4.33. The first-order valence-corrected chi connectivity index (χ1v) is 6.34. The van der Waals surface area contributed by atoms with Gasteiger partial charge in [0.25, 0.3) is 5.56 Å². The van der Waals surface area contributed by atoms with Crippen molar-refractivity contribution in [2.24, 2.45) is 0 Å². The van der Waals surface area contributed by atoms with Gasteiger partial charge in [-0.1, -0.05) is 12.1 Å². The van der Waals surface area contributed by atoms with Gasteiger partial charge in [-0.25, -0.2) is 9.78 Å². The third kappa shape index (κ3) is 2.02. The Balaban J connectivity index is 2.21. The van der Waals surface area contributed by atoms with E-state index in [1.165, 1.54) is 23.5 Å². The summed E-state index contributed by atoms with van der Waals surface area (Å²) < 4.78 is 0.568. The van der Waals surface area contributed by atoms with Crippen molar-refractivity contribution < 1.29 is 9.90 Å². The van der Waals surface area contributed by atoms with Gasteiger partial charge in [0.2, 0.25) is 0 Å². The van der Waals surface area contributed by atoms with Crippen LogP contribution in [0.25, 0.3) is 21.6 Å². The SMILES string of the molecule is O=C(O)c1cccc(-c2nc3ccsc3c(=O)[nH]2)c1. The van der Waals surface area contributed by atoms with Crippen LogP contribution in [0.1, 0.15) is 10.4 Å². The quantitative estimate of drug-likeness (QED) is 0.750. The molecule has 3 rings (SSSR count). The third-order valence-corrected chi connectivity index (χ3v) is 3.60. The summed E-state index contributed by atoms with van der Waals surface area (Å²) in [6.07, 6.45) is 0. The zero-order valence-electron chi connectivity index (χ0n) is 9.58. The molecule has 2 heterocycles. The number of thiophene rings is 1. The molecular weight excluding hydrogens is 264 g/mol. The third-order valence-electron chi connectivity index (χ3n) is 2.70. The van der Waals surface area contributed by atoms with Crippen LogP contribution in [0.2, 0.25) is 0 Å². The van der Waals surface area contributed by atoms with Crippen molar-refractivity contribution in [3.63, 3.8) is 0 Å². The van der Waals surface area contributed by atoms with Crippen molar-refractivity contribution in [3.8, 4) is 11.4 Å². The molecule has 0 spiro atoms. The predicted octanol–water partition coefficient (Wildman–Crippen LogP) is 2.35. The first kappa shape index (κ1) is 11.6. The fourth-order valence-electron chi connectivity index (χ4n) is 1.81. The van der Waals surface area contributed by atoms with E-state index in [9.17, 15) is 9.59 Å². The van der Waals surface area contributed by atoms with Crippen molar-refractivity contribution in [3.05, 3.63) is 51.6 Å². The minimum Gasteiger partial charge on any atom is -0.478 e. The highest BCUT2D eigenvalue weighted by molar-refractivity contribution is 7.17. The second-order valence-electron chi connectivity index (χ2n) is 3.94. The van der Waals surface area contributed by atoms with E-state index in [4.69, 9.17) is 5.11 Å². The predicted molar refractivity (Wildman–Crippen MR) is 72.6 cm³/mol. The van der Waals surface area contributed by atoms with Crippen molar-refractivity contribution in [2.45, 2.75) is 0 Å². The van der Waals surface area contributed by atoms with Gasteiger partial charge in [-0.05, 0) is 23.6 Å². The molecule has 0 bridgehead atoms. The lowest BCUT2D eigenvalue weighted by Gasteiger charge is -2.02. The highest BCUT2D eigenvalue weighted by Gasteiger charge is 2.09. The first-order valence-electron chi connectivity index (χ1n) is 5.46. The minimum atomic E-state index is -1.01. The molecule has 0 aliphatic heterocycles. The number of hydrogen-bond acceptors (Lipinski definition) is 4. The minimum absolute atomic E-state index is 0.158. The Bertz CT molecular complexity index is 835. The number of rotatable bonds is 2. The molecule has 0 aliphatic rings. The zero-order valence-corrected chi connectivity index (χ0v) is 10.4. The molecule has 19 heavy (non-hydrogen) atoms. The number of carboxylic acids is 1. The number of aromatic nitrogens is 2. The van der Waals surface area contributed by atoms with Gasteiger partial charge in [-0.3, -0.25) is 4.79 Å². The van der Waals surface area contributed by atoms with Crippen LogP contribution in [0.15, 0.2) is 40.5 Å². The van der Waals surface area contributed by atoms with E-state index in [0.29, 0.717) is 21.6 Å². The van der Waals surface area contributed by atoms with Crippen molar-refractivity contribution >= 4 is 27.5 Å². The maximum atomic E-state index is 11.9. The number of carbonyl (C=O) groups is 1. The smallest absolute Gasteiger partial charge is 0.335 e. The lowest BCUT2D eigenvalue weighted by atomic mass is 10.1. The van der Waals surface area contributed by atoms with Crippen LogP contribution in [-0.4, -0.2) is 21.0 Å². The van der Waals surface area contributed by atoms with E-state index >= 15 is 0 Å². The average molecular weight is 272 g/mol. The zero-order chi connectivity index (χ0) is 13.4. The Labute approximate surface area is 111 Å². The van der Waals surface area contributed by atoms with Crippen LogP contribution in [0.3, 0.4) is 0 Å². The van der Waals surface area contributed by atoms with Gasteiger partial charge >= 0.3 is 5.97 Å². The second-order valence-corrected chi connectivity index (χ2v) is 4.85. The molecule has 6 heteroatoms. The summed E-state index contributed by atoms with van der Waals surface area (Å²) in [6, 6.07) is 8.07. The standard InChI is InChI=1S/C13H8N2O3S/c16-12-10-9(4-5-19-10)14-11(15-12)7-2-1-3-8(6-7)13(17)18/h1-6H,(H,17,18)(H,14,15,16). The molecule has 0 saturated heterocycles. The van der Waals surface area contributed by atoms with Crippen molar-refractivity contribution in [1.82, 2.24) is 9.97 Å². The van der Waals surface area contributed by atoms with E-state index in [-0.39, 0.29) is 11.1 Å². The maximum Gasteiger partial charge on any atom is 0.335 e. The van der Waals surface area contributed by atoms with Gasteiger partial charge in [0, 0.05) is 5.56 Å². The normalized spacial score (nSPS) is 10.7. The molecule has 0 aliphatic carbocycles. The van der Waals surface area contributed by atoms with E-state index in [1.807, 2.05) is 0 Å². The first-order chi connectivity index (χ1) is 9.15. The molecule has 0 radical (unpaired) electrons. The number of carboxylic acid groups (broad SMARTS) is 1. The van der Waals surface area contributed by atoms with Gasteiger partial charge in [0.1, 0.15) is 10.5 Å². The maximum absolute atomic E-state index is 11.9. The van der Waals surface area contributed by atoms with E-state index < -0.39 is 5.97 Å². The van der Waals surface area contributed by atoms with Crippen LogP contribution in [-0.2, 0) is 0 Å². The largest absolute Gasteiger partial charge is 0.478 e. The number of fused-ring (bicyclic) bond motifs is 1. The van der Waals surface area contributed by atoms with Crippen molar-refractivity contribution in [2.75, 3.05) is 0 Å². The molecule has 0 amide bonds. The Morgan fingerprint density at radius 1 is 1.32 bits per heavy atom. The molecule has 0 unspecified atom stereocenters. The summed E-state index contributed by atoms with van der Waals surface area (Å²) in [4.78, 5) is 29.8. The topological polar surface area (TPSA) is 83.0 Å². The molecule has 3 aromatic rings. The van der Waals surface area contributed by atoms with Crippen LogP contribution in [0.4, 0.5) is 0 Å². The number of H-pyrrole nitrogens is 1. The summed E-state index contributed by atoms with van der Waals surface area (Å²) in [5.41, 5.74) is 1.14. The summed E-state index contributed by atoms with van der Waals surface area (Å²) in [6.45, 7) is 0. The molecule has 2 N–H and O–H groups in total. The fourth-order valence-corrected chi connectivity index (χ4v) is 2.53. The summed E-state index contributed by atoms with van der Waals surface area (Å²) in [7, 11) is 0.